The summed E-state index contributed by atoms with van der Waals surface area (Å²) in [5.41, 5.74) is 1.02. The Morgan fingerprint density at radius 3 is 2.59 bits per heavy atom. The van der Waals surface area contributed by atoms with Crippen LogP contribution in [0.5, 0.6) is 0 Å². The van der Waals surface area contributed by atoms with Crippen molar-refractivity contribution in [2.75, 3.05) is 44.2 Å². The highest BCUT2D eigenvalue weighted by Crippen LogP contribution is 2.20. The Morgan fingerprint density at radius 1 is 1.23 bits per heavy atom. The van der Waals surface area contributed by atoms with Crippen molar-refractivity contribution in [3.05, 3.63) is 29.3 Å². The van der Waals surface area contributed by atoms with E-state index in [1.807, 2.05) is 24.3 Å². The molecule has 0 radical (unpaired) electrons. The quantitative estimate of drug-likeness (QED) is 0.624. The summed E-state index contributed by atoms with van der Waals surface area (Å²) in [4.78, 5) is 27.4. The van der Waals surface area contributed by atoms with Crippen molar-refractivity contribution in [3.63, 3.8) is 0 Å². The Bertz CT molecular complexity index is 531. The van der Waals surface area contributed by atoms with Crippen molar-refractivity contribution >= 4 is 29.1 Å². The molecule has 0 saturated carbocycles. The van der Waals surface area contributed by atoms with E-state index in [-0.39, 0.29) is 6.61 Å². The van der Waals surface area contributed by atoms with Gasteiger partial charge in [0.2, 0.25) is 0 Å². The predicted octanol–water partition coefficient (Wildman–Crippen LogP) is 0.487. The number of piperazine rings is 1. The highest BCUT2D eigenvalue weighted by Gasteiger charge is 2.25. The monoisotopic (exact) mass is 325 g/mol. The van der Waals surface area contributed by atoms with E-state index in [9.17, 15) is 9.59 Å². The van der Waals surface area contributed by atoms with E-state index < -0.39 is 11.8 Å². The molecule has 0 aromatic heterocycles. The standard InChI is InChI=1S/C15H20ClN3O3/c16-12-3-1-4-13(11-12)18-6-8-19(9-7-18)15(22)14(21)17-5-2-10-20/h1,3-4,11,20H,2,5-10H2,(H,17,21). The molecule has 1 aliphatic rings. The molecule has 2 N–H and O–H groups in total. The third-order valence-electron chi connectivity index (χ3n) is 3.55. The van der Waals surface area contributed by atoms with Crippen LogP contribution in [0.15, 0.2) is 24.3 Å². The van der Waals surface area contributed by atoms with Crippen LogP contribution in [0.2, 0.25) is 5.02 Å². The molecule has 1 heterocycles. The number of halogens is 1. The summed E-state index contributed by atoms with van der Waals surface area (Å²) >= 11 is 5.98. The lowest BCUT2D eigenvalue weighted by Gasteiger charge is -2.35. The van der Waals surface area contributed by atoms with Crippen molar-refractivity contribution in [2.45, 2.75) is 6.42 Å². The third-order valence-corrected chi connectivity index (χ3v) is 3.79. The van der Waals surface area contributed by atoms with Gasteiger partial charge in [-0.3, -0.25) is 9.59 Å². The summed E-state index contributed by atoms with van der Waals surface area (Å²) in [5.74, 6) is -1.12. The fraction of sp³-hybridized carbons (Fsp3) is 0.467. The Balaban J connectivity index is 1.84. The number of amides is 2. The smallest absolute Gasteiger partial charge is 0.312 e. The van der Waals surface area contributed by atoms with Crippen LogP contribution in [0, 0.1) is 0 Å². The van der Waals surface area contributed by atoms with Gasteiger partial charge in [0.15, 0.2) is 0 Å². The summed E-state index contributed by atoms with van der Waals surface area (Å²) in [6, 6.07) is 7.58. The van der Waals surface area contributed by atoms with Gasteiger partial charge in [-0.2, -0.15) is 0 Å². The van der Waals surface area contributed by atoms with Crippen LogP contribution >= 0.6 is 11.6 Å². The number of aliphatic hydroxyl groups excluding tert-OH is 1. The van der Waals surface area contributed by atoms with Crippen LogP contribution < -0.4 is 10.2 Å². The minimum absolute atomic E-state index is 0.00716. The molecule has 0 spiro atoms. The minimum atomic E-state index is -0.607. The third kappa shape index (κ3) is 4.35. The second-order valence-corrected chi connectivity index (χ2v) is 5.53. The Morgan fingerprint density at radius 2 is 1.95 bits per heavy atom. The molecule has 1 saturated heterocycles. The molecule has 1 aromatic carbocycles. The number of carbonyl (C=O) groups is 2. The lowest BCUT2D eigenvalue weighted by atomic mass is 10.2. The van der Waals surface area contributed by atoms with Crippen molar-refractivity contribution in [2.24, 2.45) is 0 Å². The van der Waals surface area contributed by atoms with Gasteiger partial charge in [0, 0.05) is 50.0 Å². The maximum absolute atomic E-state index is 12.0. The molecule has 1 fully saturated rings. The number of nitrogens with zero attached hydrogens (tertiary/aromatic N) is 2. The Hall–Kier alpha value is -1.79. The van der Waals surface area contributed by atoms with E-state index in [0.29, 0.717) is 44.2 Å². The van der Waals surface area contributed by atoms with E-state index in [4.69, 9.17) is 16.7 Å². The molecule has 0 atom stereocenters. The number of benzene rings is 1. The number of anilines is 1. The molecule has 0 aliphatic carbocycles. The van der Waals surface area contributed by atoms with Gasteiger partial charge in [0.25, 0.3) is 0 Å². The number of nitrogens with one attached hydrogen (secondary N) is 1. The molecule has 7 heteroatoms. The topological polar surface area (TPSA) is 72.9 Å². The zero-order chi connectivity index (χ0) is 15.9. The zero-order valence-corrected chi connectivity index (χ0v) is 13.1. The van der Waals surface area contributed by atoms with Crippen LogP contribution in [0.3, 0.4) is 0 Å². The zero-order valence-electron chi connectivity index (χ0n) is 12.3. The molecule has 2 amide bonds. The predicted molar refractivity (Wildman–Crippen MR) is 85.0 cm³/mol. The number of aliphatic hydroxyl groups is 1. The minimum Gasteiger partial charge on any atom is -0.396 e. The first-order chi connectivity index (χ1) is 10.6. The summed E-state index contributed by atoms with van der Waals surface area (Å²) < 4.78 is 0. The highest BCUT2D eigenvalue weighted by molar-refractivity contribution is 6.35. The molecule has 6 nitrogen and oxygen atoms in total. The van der Waals surface area contributed by atoms with E-state index in [1.165, 1.54) is 0 Å². The van der Waals surface area contributed by atoms with Crippen LogP contribution in [0.4, 0.5) is 5.69 Å². The molecule has 0 unspecified atom stereocenters. The number of hydrogen-bond acceptors (Lipinski definition) is 4. The van der Waals surface area contributed by atoms with Gasteiger partial charge in [-0.25, -0.2) is 0 Å². The maximum atomic E-state index is 12.0. The van der Waals surface area contributed by atoms with Crippen LogP contribution in [0.1, 0.15) is 6.42 Å². The normalized spacial score (nSPS) is 14.8. The summed E-state index contributed by atoms with van der Waals surface area (Å²) in [6.07, 6.45) is 0.446. The SMILES string of the molecule is O=C(NCCCO)C(=O)N1CCN(c2cccc(Cl)c2)CC1. The molecule has 22 heavy (non-hydrogen) atoms. The van der Waals surface area contributed by atoms with Crippen molar-refractivity contribution in [1.29, 1.82) is 0 Å². The van der Waals surface area contributed by atoms with Crippen LogP contribution in [0.25, 0.3) is 0 Å². The number of carbonyl (C=O) groups excluding carboxylic acids is 2. The average Bonchev–Trinajstić information content (AvgIpc) is 2.54. The lowest BCUT2D eigenvalue weighted by molar-refractivity contribution is -0.146. The van der Waals surface area contributed by atoms with Crippen molar-refractivity contribution in [3.8, 4) is 0 Å². The van der Waals surface area contributed by atoms with E-state index in [2.05, 4.69) is 10.2 Å². The average molecular weight is 326 g/mol. The first-order valence-electron chi connectivity index (χ1n) is 7.30. The summed E-state index contributed by atoms with van der Waals surface area (Å²) in [5, 5.41) is 11.9. The highest BCUT2D eigenvalue weighted by atomic mass is 35.5. The Labute approximate surface area is 134 Å². The number of hydrogen-bond donors (Lipinski definition) is 2. The van der Waals surface area contributed by atoms with Gasteiger partial charge in [0.05, 0.1) is 0 Å². The fourth-order valence-corrected chi connectivity index (χ4v) is 2.53. The molecule has 1 aliphatic heterocycles. The number of rotatable bonds is 4. The van der Waals surface area contributed by atoms with E-state index in [0.717, 1.165) is 5.69 Å². The summed E-state index contributed by atoms with van der Waals surface area (Å²) in [6.45, 7) is 2.62. The molecule has 120 valence electrons. The van der Waals surface area contributed by atoms with Gasteiger partial charge in [0.1, 0.15) is 0 Å². The van der Waals surface area contributed by atoms with Gasteiger partial charge in [-0.15, -0.1) is 0 Å². The fourth-order valence-electron chi connectivity index (χ4n) is 2.34. The van der Waals surface area contributed by atoms with E-state index >= 15 is 0 Å². The Kier molecular flexibility index (Phi) is 6.03. The maximum Gasteiger partial charge on any atom is 0.312 e. The van der Waals surface area contributed by atoms with Gasteiger partial charge in [-0.1, -0.05) is 17.7 Å². The molecular weight excluding hydrogens is 306 g/mol. The van der Waals surface area contributed by atoms with Gasteiger partial charge < -0.3 is 20.2 Å². The molecule has 0 bridgehead atoms. The molecule has 2 rings (SSSR count). The summed E-state index contributed by atoms with van der Waals surface area (Å²) in [7, 11) is 0. The first kappa shape index (κ1) is 16.6. The van der Waals surface area contributed by atoms with Crippen LogP contribution in [-0.4, -0.2) is 61.2 Å². The van der Waals surface area contributed by atoms with Gasteiger partial charge >= 0.3 is 11.8 Å². The van der Waals surface area contributed by atoms with Crippen molar-refractivity contribution < 1.29 is 14.7 Å². The second kappa shape index (κ2) is 8.00. The van der Waals surface area contributed by atoms with Crippen molar-refractivity contribution in [1.82, 2.24) is 10.2 Å². The molecular formula is C15H20ClN3O3. The lowest BCUT2D eigenvalue weighted by Crippen LogP contribution is -2.52. The molecule has 1 aromatic rings. The second-order valence-electron chi connectivity index (χ2n) is 5.09. The van der Waals surface area contributed by atoms with Crippen LogP contribution in [-0.2, 0) is 9.59 Å². The largest absolute Gasteiger partial charge is 0.396 e. The van der Waals surface area contributed by atoms with Gasteiger partial charge in [-0.05, 0) is 24.6 Å². The first-order valence-corrected chi connectivity index (χ1v) is 7.68. The van der Waals surface area contributed by atoms with E-state index in [1.54, 1.807) is 4.90 Å².